The van der Waals surface area contributed by atoms with Crippen LogP contribution in [0.2, 0.25) is 5.02 Å². The molecule has 4 aromatic rings. The van der Waals surface area contributed by atoms with Gasteiger partial charge in [0.2, 0.25) is 0 Å². The highest BCUT2D eigenvalue weighted by Crippen LogP contribution is 2.39. The van der Waals surface area contributed by atoms with Crippen LogP contribution in [-0.2, 0) is 13.1 Å². The fourth-order valence-electron chi connectivity index (χ4n) is 3.20. The molecule has 0 radical (unpaired) electrons. The van der Waals surface area contributed by atoms with E-state index in [2.05, 4.69) is 10.1 Å². The van der Waals surface area contributed by atoms with E-state index in [-0.39, 0.29) is 12.5 Å². The Morgan fingerprint density at radius 3 is 2.83 bits per heavy atom. The number of pyridine rings is 1. The summed E-state index contributed by atoms with van der Waals surface area (Å²) in [6, 6.07) is 10.9. The maximum absolute atomic E-state index is 13.6. The van der Waals surface area contributed by atoms with Crippen LogP contribution in [0.4, 0.5) is 5.13 Å². The zero-order chi connectivity index (χ0) is 21.3. The van der Waals surface area contributed by atoms with Gasteiger partial charge >= 0.3 is 0 Å². The van der Waals surface area contributed by atoms with Crippen molar-refractivity contribution >= 4 is 44.2 Å². The Balaban J connectivity index is 1.84. The first-order valence-electron chi connectivity index (χ1n) is 9.41. The summed E-state index contributed by atoms with van der Waals surface area (Å²) in [7, 11) is 1.58. The number of hydrogen-bond donors (Lipinski definition) is 0. The fourth-order valence-corrected chi connectivity index (χ4v) is 4.45. The SMILES string of the molecule is CCn1nc(C)cc1C(=O)N(Cc1ccccn1)c1nc2c(OC)ccc(Cl)c2s1. The third-order valence-electron chi connectivity index (χ3n) is 4.61. The number of rotatable bonds is 6. The maximum Gasteiger partial charge on any atom is 0.278 e. The molecule has 0 unspecified atom stereocenters. The number of carbonyl (C=O) groups is 1. The van der Waals surface area contributed by atoms with Gasteiger partial charge in [0.15, 0.2) is 5.13 Å². The van der Waals surface area contributed by atoms with Crippen LogP contribution in [0, 0.1) is 6.92 Å². The normalized spacial score (nSPS) is 11.1. The topological polar surface area (TPSA) is 73.1 Å². The molecule has 0 N–H and O–H groups in total. The molecule has 30 heavy (non-hydrogen) atoms. The van der Waals surface area contributed by atoms with Crippen molar-refractivity contribution in [1.29, 1.82) is 0 Å². The van der Waals surface area contributed by atoms with Crippen molar-refractivity contribution in [1.82, 2.24) is 19.7 Å². The Labute approximate surface area is 182 Å². The second kappa shape index (κ2) is 8.41. The molecule has 0 fully saturated rings. The summed E-state index contributed by atoms with van der Waals surface area (Å²) in [5.41, 5.74) is 2.67. The minimum atomic E-state index is -0.197. The Hall–Kier alpha value is -2.97. The number of methoxy groups -OCH3 is 1. The van der Waals surface area contributed by atoms with Gasteiger partial charge in [0.1, 0.15) is 17.0 Å². The molecule has 3 aromatic heterocycles. The van der Waals surface area contributed by atoms with Crippen LogP contribution in [0.25, 0.3) is 10.2 Å². The van der Waals surface area contributed by atoms with Gasteiger partial charge in [-0.1, -0.05) is 29.0 Å². The summed E-state index contributed by atoms with van der Waals surface area (Å²) in [5, 5.41) is 5.50. The van der Waals surface area contributed by atoms with E-state index in [1.807, 2.05) is 32.0 Å². The van der Waals surface area contributed by atoms with Crippen LogP contribution in [-0.4, -0.2) is 32.8 Å². The fraction of sp³-hybridized carbons (Fsp3) is 0.238. The molecule has 7 nitrogen and oxygen atoms in total. The van der Waals surface area contributed by atoms with Gasteiger partial charge in [-0.15, -0.1) is 0 Å². The first-order chi connectivity index (χ1) is 14.5. The number of benzene rings is 1. The molecule has 1 aromatic carbocycles. The lowest BCUT2D eigenvalue weighted by molar-refractivity contribution is 0.0974. The second-order valence-corrected chi connectivity index (χ2v) is 8.01. The van der Waals surface area contributed by atoms with Gasteiger partial charge < -0.3 is 4.74 Å². The van der Waals surface area contributed by atoms with Crippen molar-refractivity contribution in [3.63, 3.8) is 0 Å². The summed E-state index contributed by atoms with van der Waals surface area (Å²) in [6.45, 7) is 4.68. The Kier molecular flexibility index (Phi) is 5.69. The van der Waals surface area contributed by atoms with Gasteiger partial charge in [-0.05, 0) is 44.2 Å². The van der Waals surface area contributed by atoms with Crippen LogP contribution in [0.3, 0.4) is 0 Å². The van der Waals surface area contributed by atoms with Gasteiger partial charge in [-0.3, -0.25) is 19.4 Å². The molecular formula is C21H20ClN5O2S. The number of amides is 1. The molecule has 0 aliphatic heterocycles. The molecule has 0 bridgehead atoms. The summed E-state index contributed by atoms with van der Waals surface area (Å²) < 4.78 is 7.90. The van der Waals surface area contributed by atoms with Crippen molar-refractivity contribution in [2.24, 2.45) is 0 Å². The molecule has 0 spiro atoms. The van der Waals surface area contributed by atoms with Gasteiger partial charge in [0.05, 0.1) is 34.8 Å². The van der Waals surface area contributed by atoms with Crippen LogP contribution in [0.1, 0.15) is 28.8 Å². The predicted octanol–water partition coefficient (Wildman–Crippen LogP) is 4.73. The number of hydrogen-bond acceptors (Lipinski definition) is 6. The van der Waals surface area contributed by atoms with E-state index in [1.54, 1.807) is 41.1 Å². The lowest BCUT2D eigenvalue weighted by Crippen LogP contribution is -2.32. The molecule has 154 valence electrons. The summed E-state index contributed by atoms with van der Waals surface area (Å²) in [5.74, 6) is 0.411. The molecule has 0 saturated carbocycles. The van der Waals surface area contributed by atoms with Crippen LogP contribution < -0.4 is 9.64 Å². The number of thiazole rings is 1. The smallest absolute Gasteiger partial charge is 0.278 e. The Bertz CT molecular complexity index is 1210. The summed E-state index contributed by atoms with van der Waals surface area (Å²) in [4.78, 5) is 24.3. The number of nitrogens with zero attached hydrogens (tertiary/aromatic N) is 5. The van der Waals surface area contributed by atoms with Gasteiger partial charge in [0.25, 0.3) is 5.91 Å². The van der Waals surface area contributed by atoms with E-state index < -0.39 is 0 Å². The largest absolute Gasteiger partial charge is 0.494 e. The number of carbonyl (C=O) groups excluding carboxylic acids is 1. The third kappa shape index (κ3) is 3.76. The number of aryl methyl sites for hydroxylation is 2. The maximum atomic E-state index is 13.6. The molecule has 0 aliphatic carbocycles. The summed E-state index contributed by atoms with van der Waals surface area (Å²) in [6.07, 6.45) is 1.71. The average molecular weight is 442 g/mol. The molecule has 0 atom stereocenters. The minimum Gasteiger partial charge on any atom is -0.494 e. The average Bonchev–Trinajstić information content (AvgIpc) is 3.37. The van der Waals surface area contributed by atoms with E-state index in [0.717, 1.165) is 16.1 Å². The Morgan fingerprint density at radius 2 is 2.13 bits per heavy atom. The van der Waals surface area contributed by atoms with Gasteiger partial charge in [-0.25, -0.2) is 4.98 Å². The van der Waals surface area contributed by atoms with E-state index in [4.69, 9.17) is 21.3 Å². The minimum absolute atomic E-state index is 0.197. The molecular weight excluding hydrogens is 422 g/mol. The first-order valence-corrected chi connectivity index (χ1v) is 10.6. The van der Waals surface area contributed by atoms with Crippen molar-refractivity contribution in [2.45, 2.75) is 26.9 Å². The van der Waals surface area contributed by atoms with E-state index in [0.29, 0.717) is 33.7 Å². The standard InChI is InChI=1S/C21H20ClN5O2S/c1-4-27-16(11-13(2)25-27)20(28)26(12-14-7-5-6-10-23-14)21-24-18-17(29-3)9-8-15(22)19(18)30-21/h5-11H,4,12H2,1-3H3. The number of fused-ring (bicyclic) bond motifs is 1. The third-order valence-corrected chi connectivity index (χ3v) is 6.15. The summed E-state index contributed by atoms with van der Waals surface area (Å²) >= 11 is 7.75. The lowest BCUT2D eigenvalue weighted by atomic mass is 10.3. The van der Waals surface area contributed by atoms with Crippen LogP contribution in [0.5, 0.6) is 5.75 Å². The van der Waals surface area contributed by atoms with Crippen LogP contribution in [0.15, 0.2) is 42.6 Å². The molecule has 0 saturated heterocycles. The quantitative estimate of drug-likeness (QED) is 0.432. The van der Waals surface area contributed by atoms with Gasteiger partial charge in [-0.2, -0.15) is 5.10 Å². The number of ether oxygens (including phenoxy) is 1. The monoisotopic (exact) mass is 441 g/mol. The molecule has 9 heteroatoms. The lowest BCUT2D eigenvalue weighted by Gasteiger charge is -2.19. The van der Waals surface area contributed by atoms with E-state index >= 15 is 0 Å². The highest BCUT2D eigenvalue weighted by Gasteiger charge is 2.26. The molecule has 3 heterocycles. The Morgan fingerprint density at radius 1 is 1.30 bits per heavy atom. The van der Waals surface area contributed by atoms with E-state index in [9.17, 15) is 4.79 Å². The predicted molar refractivity (Wildman–Crippen MR) is 119 cm³/mol. The van der Waals surface area contributed by atoms with E-state index in [1.165, 1.54) is 11.3 Å². The van der Waals surface area contributed by atoms with Crippen molar-refractivity contribution in [2.75, 3.05) is 12.0 Å². The number of aromatic nitrogens is 4. The van der Waals surface area contributed by atoms with Crippen molar-refractivity contribution in [3.8, 4) is 5.75 Å². The first kappa shape index (κ1) is 20.3. The molecule has 0 aliphatic rings. The van der Waals surface area contributed by atoms with Crippen molar-refractivity contribution < 1.29 is 9.53 Å². The zero-order valence-corrected chi connectivity index (χ0v) is 18.4. The number of halogens is 1. The molecule has 4 rings (SSSR count). The molecule has 1 amide bonds. The highest BCUT2D eigenvalue weighted by atomic mass is 35.5. The van der Waals surface area contributed by atoms with Crippen LogP contribution >= 0.6 is 22.9 Å². The van der Waals surface area contributed by atoms with Gasteiger partial charge in [0, 0.05) is 12.7 Å². The number of anilines is 1. The second-order valence-electron chi connectivity index (χ2n) is 6.62. The zero-order valence-electron chi connectivity index (χ0n) is 16.8. The van der Waals surface area contributed by atoms with Crippen molar-refractivity contribution in [3.05, 3.63) is 64.7 Å². The highest BCUT2D eigenvalue weighted by molar-refractivity contribution is 7.23.